The number of benzene rings is 1. The molecule has 1 aromatic carbocycles. The van der Waals surface area contributed by atoms with E-state index in [1.807, 2.05) is 29.8 Å². The topological polar surface area (TPSA) is 105 Å². The standard InChI is InChI=1S/C26H28ClN3O4/c1-17(11-24(32)33)10-23(31)25-21-13-20(27)15-29-26(21)30(2)22(25)8-3-4-9-34-16-19-7-5-6-18(12-19)14-28/h5-7,12-13,15,17H,3-4,8-11,16H2,1-2H3,(H,32,33)/t17-/m1/s1. The van der Waals surface area contributed by atoms with Crippen LogP contribution in [0.4, 0.5) is 0 Å². The first-order chi connectivity index (χ1) is 16.3. The molecule has 7 nitrogen and oxygen atoms in total. The van der Waals surface area contributed by atoms with Crippen molar-refractivity contribution in [2.75, 3.05) is 6.61 Å². The Morgan fingerprint density at radius 3 is 2.79 bits per heavy atom. The second kappa shape index (κ2) is 11.8. The van der Waals surface area contributed by atoms with Gasteiger partial charge in [0.25, 0.3) is 0 Å². The maximum Gasteiger partial charge on any atom is 0.303 e. The van der Waals surface area contributed by atoms with Gasteiger partial charge >= 0.3 is 5.97 Å². The Hall–Kier alpha value is -3.21. The summed E-state index contributed by atoms with van der Waals surface area (Å²) in [6, 6.07) is 11.2. The molecule has 0 aliphatic heterocycles. The number of aryl methyl sites for hydroxylation is 1. The van der Waals surface area contributed by atoms with Crippen LogP contribution >= 0.6 is 11.6 Å². The highest BCUT2D eigenvalue weighted by molar-refractivity contribution is 6.31. The summed E-state index contributed by atoms with van der Waals surface area (Å²) < 4.78 is 7.69. The summed E-state index contributed by atoms with van der Waals surface area (Å²) in [5.41, 5.74) is 3.71. The molecule has 0 bridgehead atoms. The van der Waals surface area contributed by atoms with E-state index in [0.29, 0.717) is 46.8 Å². The SMILES string of the molecule is C[C@@H](CC(=O)O)CC(=O)c1c(CCCCOCc2cccc(C#N)c2)n(C)c2ncc(Cl)cc12. The maximum atomic E-state index is 13.2. The predicted octanol–water partition coefficient (Wildman–Crippen LogP) is 5.32. The van der Waals surface area contributed by atoms with Crippen molar-refractivity contribution in [2.24, 2.45) is 13.0 Å². The van der Waals surface area contributed by atoms with Gasteiger partial charge in [0.2, 0.25) is 0 Å². The summed E-state index contributed by atoms with van der Waals surface area (Å²) in [5.74, 6) is -1.28. The van der Waals surface area contributed by atoms with Crippen molar-refractivity contribution in [1.82, 2.24) is 9.55 Å². The highest BCUT2D eigenvalue weighted by atomic mass is 35.5. The molecule has 0 saturated carbocycles. The molecule has 0 saturated heterocycles. The normalized spacial score (nSPS) is 11.9. The quantitative estimate of drug-likeness (QED) is 0.277. The van der Waals surface area contributed by atoms with Crippen molar-refractivity contribution in [1.29, 1.82) is 5.26 Å². The summed E-state index contributed by atoms with van der Waals surface area (Å²) in [7, 11) is 1.88. The highest BCUT2D eigenvalue weighted by Crippen LogP contribution is 2.30. The van der Waals surface area contributed by atoms with E-state index >= 15 is 0 Å². The summed E-state index contributed by atoms with van der Waals surface area (Å²) in [5, 5.41) is 19.2. The number of unbranched alkanes of at least 4 members (excludes halogenated alkanes) is 1. The van der Waals surface area contributed by atoms with Crippen molar-refractivity contribution in [2.45, 2.75) is 45.6 Å². The number of carbonyl (C=O) groups is 2. The van der Waals surface area contributed by atoms with Gasteiger partial charge in [-0.25, -0.2) is 4.98 Å². The van der Waals surface area contributed by atoms with Crippen molar-refractivity contribution >= 4 is 34.4 Å². The fourth-order valence-electron chi connectivity index (χ4n) is 4.14. The fourth-order valence-corrected chi connectivity index (χ4v) is 4.30. The lowest BCUT2D eigenvalue weighted by atomic mass is 9.94. The van der Waals surface area contributed by atoms with Crippen LogP contribution in [0.1, 0.15) is 59.8 Å². The van der Waals surface area contributed by atoms with Crippen molar-refractivity contribution in [3.8, 4) is 6.07 Å². The van der Waals surface area contributed by atoms with Gasteiger partial charge in [-0.1, -0.05) is 30.7 Å². The van der Waals surface area contributed by atoms with Crippen LogP contribution in [-0.2, 0) is 29.6 Å². The molecule has 1 N–H and O–H groups in total. The van der Waals surface area contributed by atoms with Gasteiger partial charge in [0, 0.05) is 49.3 Å². The molecule has 0 radical (unpaired) electrons. The molecule has 2 aromatic heterocycles. The number of pyridine rings is 1. The summed E-state index contributed by atoms with van der Waals surface area (Å²) in [6.07, 6.45) is 3.92. The monoisotopic (exact) mass is 481 g/mol. The molecule has 2 heterocycles. The van der Waals surface area contributed by atoms with Crippen LogP contribution in [0.15, 0.2) is 36.5 Å². The molecule has 0 unspecified atom stereocenters. The highest BCUT2D eigenvalue weighted by Gasteiger charge is 2.24. The lowest BCUT2D eigenvalue weighted by Crippen LogP contribution is -2.12. The number of ketones is 1. The van der Waals surface area contributed by atoms with Crippen LogP contribution in [0.25, 0.3) is 11.0 Å². The van der Waals surface area contributed by atoms with Gasteiger partial charge in [-0.05, 0) is 48.9 Å². The summed E-state index contributed by atoms with van der Waals surface area (Å²) in [4.78, 5) is 28.7. The van der Waals surface area contributed by atoms with E-state index in [2.05, 4.69) is 11.1 Å². The number of carbonyl (C=O) groups excluding carboxylic acids is 1. The Kier molecular flexibility index (Phi) is 8.80. The summed E-state index contributed by atoms with van der Waals surface area (Å²) in [6.45, 7) is 2.77. The Labute approximate surface area is 203 Å². The zero-order valence-electron chi connectivity index (χ0n) is 19.4. The number of aromatic nitrogens is 2. The molecule has 3 aromatic rings. The number of ether oxygens (including phenoxy) is 1. The van der Waals surface area contributed by atoms with E-state index in [1.165, 1.54) is 0 Å². The van der Waals surface area contributed by atoms with E-state index in [9.17, 15) is 9.59 Å². The first kappa shape index (κ1) is 25.4. The van der Waals surface area contributed by atoms with E-state index in [4.69, 9.17) is 26.7 Å². The third-order valence-electron chi connectivity index (χ3n) is 5.73. The molecule has 8 heteroatoms. The Morgan fingerprint density at radius 1 is 1.26 bits per heavy atom. The Bertz CT molecular complexity index is 1230. The van der Waals surface area contributed by atoms with Crippen LogP contribution < -0.4 is 0 Å². The number of nitriles is 1. The third kappa shape index (κ3) is 6.43. The Morgan fingerprint density at radius 2 is 2.06 bits per heavy atom. The summed E-state index contributed by atoms with van der Waals surface area (Å²) >= 11 is 6.17. The van der Waals surface area contributed by atoms with Crippen LogP contribution in [0.5, 0.6) is 0 Å². The molecule has 0 spiro atoms. The molecular formula is C26H28ClN3O4. The first-order valence-corrected chi connectivity index (χ1v) is 11.6. The van der Waals surface area contributed by atoms with Crippen LogP contribution in [0.3, 0.4) is 0 Å². The molecule has 0 aliphatic rings. The minimum atomic E-state index is -0.914. The lowest BCUT2D eigenvalue weighted by Gasteiger charge is -2.11. The zero-order chi connectivity index (χ0) is 24.7. The predicted molar refractivity (Wildman–Crippen MR) is 130 cm³/mol. The van der Waals surface area contributed by atoms with Crippen LogP contribution in [0, 0.1) is 17.2 Å². The number of fused-ring (bicyclic) bond motifs is 1. The molecule has 178 valence electrons. The smallest absolute Gasteiger partial charge is 0.303 e. The fraction of sp³-hybridized carbons (Fsp3) is 0.385. The molecule has 0 fully saturated rings. The molecule has 0 aliphatic carbocycles. The van der Waals surface area contributed by atoms with Gasteiger partial charge in [0.05, 0.1) is 23.3 Å². The van der Waals surface area contributed by atoms with E-state index in [-0.39, 0.29) is 24.5 Å². The molecule has 3 rings (SSSR count). The number of aliphatic carboxylic acids is 1. The zero-order valence-corrected chi connectivity index (χ0v) is 20.1. The van der Waals surface area contributed by atoms with E-state index in [0.717, 1.165) is 24.1 Å². The number of halogens is 1. The van der Waals surface area contributed by atoms with Crippen LogP contribution in [-0.4, -0.2) is 33.0 Å². The number of nitrogens with zero attached hydrogens (tertiary/aromatic N) is 3. The van der Waals surface area contributed by atoms with E-state index in [1.54, 1.807) is 25.3 Å². The number of Topliss-reactive ketones (excluding diaryl/α,β-unsaturated/α-hetero) is 1. The van der Waals surface area contributed by atoms with Crippen molar-refractivity contribution < 1.29 is 19.4 Å². The van der Waals surface area contributed by atoms with Crippen LogP contribution in [0.2, 0.25) is 5.02 Å². The van der Waals surface area contributed by atoms with Gasteiger partial charge in [-0.3, -0.25) is 9.59 Å². The van der Waals surface area contributed by atoms with Gasteiger partial charge in [-0.2, -0.15) is 5.26 Å². The average molecular weight is 482 g/mol. The molecular weight excluding hydrogens is 454 g/mol. The van der Waals surface area contributed by atoms with Crippen molar-refractivity contribution in [3.63, 3.8) is 0 Å². The Balaban J connectivity index is 1.67. The molecule has 0 amide bonds. The molecule has 1 atom stereocenters. The minimum Gasteiger partial charge on any atom is -0.481 e. The second-order valence-corrected chi connectivity index (χ2v) is 8.99. The maximum absolute atomic E-state index is 13.2. The third-order valence-corrected chi connectivity index (χ3v) is 5.93. The number of hydrogen-bond acceptors (Lipinski definition) is 5. The number of hydrogen-bond donors (Lipinski definition) is 1. The average Bonchev–Trinajstić information content (AvgIpc) is 3.06. The van der Waals surface area contributed by atoms with Gasteiger partial charge < -0.3 is 14.4 Å². The van der Waals surface area contributed by atoms with E-state index < -0.39 is 5.97 Å². The second-order valence-electron chi connectivity index (χ2n) is 8.56. The van der Waals surface area contributed by atoms with Gasteiger partial charge in [0.15, 0.2) is 5.78 Å². The first-order valence-electron chi connectivity index (χ1n) is 11.2. The minimum absolute atomic E-state index is 0.0561. The number of carboxylic acids is 1. The van der Waals surface area contributed by atoms with Gasteiger partial charge in [-0.15, -0.1) is 0 Å². The largest absolute Gasteiger partial charge is 0.481 e. The lowest BCUT2D eigenvalue weighted by molar-refractivity contribution is -0.137. The van der Waals surface area contributed by atoms with Gasteiger partial charge in [0.1, 0.15) is 5.65 Å². The number of rotatable bonds is 12. The number of carboxylic acid groups (broad SMARTS) is 1. The molecule has 34 heavy (non-hydrogen) atoms. The van der Waals surface area contributed by atoms with Crippen molar-refractivity contribution in [3.05, 3.63) is 63.9 Å².